The number of rotatable bonds is 7. The zero-order valence-corrected chi connectivity index (χ0v) is 18.3. The van der Waals surface area contributed by atoms with E-state index in [4.69, 9.17) is 4.74 Å². The van der Waals surface area contributed by atoms with Crippen LogP contribution in [0.15, 0.2) is 42.6 Å². The van der Waals surface area contributed by atoms with Crippen molar-refractivity contribution in [3.8, 4) is 5.75 Å². The fourth-order valence-electron chi connectivity index (χ4n) is 4.51. The molecular formula is C25H30FN3O3. The molecule has 170 valence electrons. The highest BCUT2D eigenvalue weighted by molar-refractivity contribution is 5.94. The molecule has 1 saturated carbocycles. The van der Waals surface area contributed by atoms with Gasteiger partial charge in [0.15, 0.2) is 11.6 Å². The van der Waals surface area contributed by atoms with E-state index in [2.05, 4.69) is 10.3 Å². The molecule has 1 aliphatic carbocycles. The SMILES string of the molecule is O=C(NC1CCCC1)c1ccc(C2CCN(C(=O)CCOc3ccccc3F)CC2)nc1. The van der Waals surface area contributed by atoms with Crippen molar-refractivity contribution in [3.05, 3.63) is 59.7 Å². The van der Waals surface area contributed by atoms with Gasteiger partial charge >= 0.3 is 0 Å². The Morgan fingerprint density at radius 1 is 1.06 bits per heavy atom. The normalized spacial score (nSPS) is 17.3. The lowest BCUT2D eigenvalue weighted by Crippen LogP contribution is -2.38. The molecule has 7 heteroatoms. The predicted molar refractivity (Wildman–Crippen MR) is 119 cm³/mol. The van der Waals surface area contributed by atoms with Crippen LogP contribution < -0.4 is 10.1 Å². The van der Waals surface area contributed by atoms with Crippen LogP contribution in [-0.4, -0.2) is 47.4 Å². The summed E-state index contributed by atoms with van der Waals surface area (Å²) < 4.78 is 19.0. The van der Waals surface area contributed by atoms with Crippen LogP contribution in [0.5, 0.6) is 5.75 Å². The summed E-state index contributed by atoms with van der Waals surface area (Å²) in [6, 6.07) is 10.3. The fraction of sp³-hybridized carbons (Fsp3) is 0.480. The molecule has 2 fully saturated rings. The van der Waals surface area contributed by atoms with Crippen molar-refractivity contribution in [3.63, 3.8) is 0 Å². The Hall–Kier alpha value is -2.96. The monoisotopic (exact) mass is 439 g/mol. The number of para-hydroxylation sites is 1. The molecule has 2 aliphatic rings. The lowest BCUT2D eigenvalue weighted by molar-refractivity contribution is -0.132. The molecule has 6 nitrogen and oxygen atoms in total. The maximum atomic E-state index is 13.6. The van der Waals surface area contributed by atoms with Gasteiger partial charge in [-0.2, -0.15) is 0 Å². The first-order chi connectivity index (χ1) is 15.6. The smallest absolute Gasteiger partial charge is 0.253 e. The van der Waals surface area contributed by atoms with Gasteiger partial charge in [-0.25, -0.2) is 4.39 Å². The third kappa shape index (κ3) is 5.64. The van der Waals surface area contributed by atoms with Gasteiger partial charge in [-0.15, -0.1) is 0 Å². The number of benzene rings is 1. The van der Waals surface area contributed by atoms with Crippen molar-refractivity contribution < 1.29 is 18.7 Å². The molecule has 0 spiro atoms. The quantitative estimate of drug-likeness (QED) is 0.706. The molecular weight excluding hydrogens is 409 g/mol. The average Bonchev–Trinajstić information content (AvgIpc) is 3.33. The minimum absolute atomic E-state index is 0.0201. The largest absolute Gasteiger partial charge is 0.490 e. The fourth-order valence-corrected chi connectivity index (χ4v) is 4.51. The third-order valence-electron chi connectivity index (χ3n) is 6.42. The van der Waals surface area contributed by atoms with E-state index in [0.29, 0.717) is 24.7 Å². The molecule has 0 bridgehead atoms. The molecule has 2 heterocycles. The van der Waals surface area contributed by atoms with Crippen LogP contribution in [0.4, 0.5) is 4.39 Å². The molecule has 32 heavy (non-hydrogen) atoms. The topological polar surface area (TPSA) is 71.5 Å². The average molecular weight is 440 g/mol. The van der Waals surface area contributed by atoms with Crippen LogP contribution in [0.25, 0.3) is 0 Å². The lowest BCUT2D eigenvalue weighted by Gasteiger charge is -2.32. The number of halogens is 1. The van der Waals surface area contributed by atoms with Crippen molar-refractivity contribution in [1.29, 1.82) is 0 Å². The Kier molecular flexibility index (Phi) is 7.35. The number of pyridine rings is 1. The zero-order valence-electron chi connectivity index (χ0n) is 18.3. The van der Waals surface area contributed by atoms with Gasteiger partial charge in [0.25, 0.3) is 5.91 Å². The molecule has 1 aromatic carbocycles. The maximum absolute atomic E-state index is 13.6. The molecule has 1 aromatic heterocycles. The van der Waals surface area contributed by atoms with Gasteiger partial charge in [-0.3, -0.25) is 14.6 Å². The van der Waals surface area contributed by atoms with E-state index >= 15 is 0 Å². The second kappa shape index (κ2) is 10.6. The summed E-state index contributed by atoms with van der Waals surface area (Å²) in [4.78, 5) is 31.2. The number of amides is 2. The third-order valence-corrected chi connectivity index (χ3v) is 6.42. The summed E-state index contributed by atoms with van der Waals surface area (Å²) in [5, 5.41) is 3.09. The number of nitrogens with one attached hydrogen (secondary N) is 1. The molecule has 0 radical (unpaired) electrons. The summed E-state index contributed by atoms with van der Waals surface area (Å²) in [6.07, 6.45) is 8.04. The van der Waals surface area contributed by atoms with Gasteiger partial charge in [0.1, 0.15) is 0 Å². The highest BCUT2D eigenvalue weighted by atomic mass is 19.1. The second-order valence-corrected chi connectivity index (χ2v) is 8.61. The van der Waals surface area contributed by atoms with Crippen molar-refractivity contribution in [2.75, 3.05) is 19.7 Å². The number of hydrogen-bond donors (Lipinski definition) is 1. The summed E-state index contributed by atoms with van der Waals surface area (Å²) in [5.74, 6) is 0.00191. The first-order valence-corrected chi connectivity index (χ1v) is 11.5. The first-order valence-electron chi connectivity index (χ1n) is 11.5. The van der Waals surface area contributed by atoms with Gasteiger partial charge < -0.3 is 15.0 Å². The number of hydrogen-bond acceptors (Lipinski definition) is 4. The van der Waals surface area contributed by atoms with E-state index in [1.807, 2.05) is 17.0 Å². The van der Waals surface area contributed by atoms with Gasteiger partial charge in [-0.05, 0) is 49.9 Å². The molecule has 0 unspecified atom stereocenters. The molecule has 2 amide bonds. The highest BCUT2D eigenvalue weighted by Crippen LogP contribution is 2.27. The number of aromatic nitrogens is 1. The van der Waals surface area contributed by atoms with Gasteiger partial charge in [-0.1, -0.05) is 25.0 Å². The Labute approximate surface area is 188 Å². The van der Waals surface area contributed by atoms with Crippen LogP contribution >= 0.6 is 0 Å². The second-order valence-electron chi connectivity index (χ2n) is 8.61. The van der Waals surface area contributed by atoms with Crippen molar-refractivity contribution in [2.24, 2.45) is 0 Å². The van der Waals surface area contributed by atoms with Crippen molar-refractivity contribution in [1.82, 2.24) is 15.2 Å². The number of ether oxygens (including phenoxy) is 1. The first kappa shape index (κ1) is 22.2. The van der Waals surface area contributed by atoms with Crippen LogP contribution in [0.1, 0.15) is 66.9 Å². The van der Waals surface area contributed by atoms with Crippen molar-refractivity contribution in [2.45, 2.75) is 56.9 Å². The molecule has 1 N–H and O–H groups in total. The van der Waals surface area contributed by atoms with E-state index in [-0.39, 0.29) is 36.5 Å². The summed E-state index contributed by atoms with van der Waals surface area (Å²) in [6.45, 7) is 1.48. The summed E-state index contributed by atoms with van der Waals surface area (Å²) in [5.41, 5.74) is 1.57. The molecule has 1 aliphatic heterocycles. The highest BCUT2D eigenvalue weighted by Gasteiger charge is 2.25. The number of nitrogens with zero attached hydrogens (tertiary/aromatic N) is 2. The molecule has 0 atom stereocenters. The number of carbonyl (C=O) groups is 2. The van der Waals surface area contributed by atoms with E-state index in [1.54, 1.807) is 24.4 Å². The van der Waals surface area contributed by atoms with Gasteiger partial charge in [0.2, 0.25) is 5.91 Å². The van der Waals surface area contributed by atoms with E-state index in [0.717, 1.165) is 31.4 Å². The zero-order chi connectivity index (χ0) is 22.3. The minimum atomic E-state index is -0.421. The lowest BCUT2D eigenvalue weighted by atomic mass is 9.92. The molecule has 2 aromatic rings. The van der Waals surface area contributed by atoms with E-state index in [9.17, 15) is 14.0 Å². The molecule has 1 saturated heterocycles. The van der Waals surface area contributed by atoms with Crippen LogP contribution in [0.3, 0.4) is 0 Å². The maximum Gasteiger partial charge on any atom is 0.253 e. The van der Waals surface area contributed by atoms with Gasteiger partial charge in [0, 0.05) is 36.9 Å². The summed E-state index contributed by atoms with van der Waals surface area (Å²) in [7, 11) is 0. The Balaban J connectivity index is 1.21. The number of carbonyl (C=O) groups excluding carboxylic acids is 2. The molecule has 4 rings (SSSR count). The Morgan fingerprint density at radius 2 is 1.81 bits per heavy atom. The van der Waals surface area contributed by atoms with Crippen LogP contribution in [0, 0.1) is 5.82 Å². The Morgan fingerprint density at radius 3 is 2.50 bits per heavy atom. The van der Waals surface area contributed by atoms with E-state index in [1.165, 1.54) is 18.9 Å². The minimum Gasteiger partial charge on any atom is -0.490 e. The number of piperidine rings is 1. The predicted octanol–water partition coefficient (Wildman–Crippen LogP) is 4.07. The Bertz CT molecular complexity index is 920. The van der Waals surface area contributed by atoms with E-state index < -0.39 is 5.82 Å². The van der Waals surface area contributed by atoms with Gasteiger partial charge in [0.05, 0.1) is 18.6 Å². The van der Waals surface area contributed by atoms with Crippen LogP contribution in [-0.2, 0) is 4.79 Å². The number of likely N-dealkylation sites (tertiary alicyclic amines) is 1. The standard InChI is InChI=1S/C25H30FN3O3/c26-21-7-3-4-8-23(21)32-16-13-24(30)29-14-11-18(12-15-29)22-10-9-19(17-27-22)25(31)28-20-5-1-2-6-20/h3-4,7-10,17-18,20H,1-2,5-6,11-16H2,(H,28,31). The van der Waals surface area contributed by atoms with Crippen LogP contribution in [0.2, 0.25) is 0 Å². The summed E-state index contributed by atoms with van der Waals surface area (Å²) >= 11 is 0. The van der Waals surface area contributed by atoms with Crippen molar-refractivity contribution >= 4 is 11.8 Å².